The van der Waals surface area contributed by atoms with E-state index >= 15 is 0 Å². The van der Waals surface area contributed by atoms with Crippen LogP contribution in [-0.2, 0) is 4.79 Å². The zero-order chi connectivity index (χ0) is 21.8. The third-order valence-electron chi connectivity index (χ3n) is 5.20. The lowest BCUT2D eigenvalue weighted by Gasteiger charge is -2.34. The highest BCUT2D eigenvalue weighted by atomic mass is 35.5. The molecule has 31 heavy (non-hydrogen) atoms. The van der Waals surface area contributed by atoms with E-state index < -0.39 is 6.10 Å². The van der Waals surface area contributed by atoms with Crippen molar-refractivity contribution in [1.82, 2.24) is 4.98 Å². The van der Waals surface area contributed by atoms with Gasteiger partial charge in [0.05, 0.1) is 23.0 Å². The number of benzene rings is 2. The van der Waals surface area contributed by atoms with Crippen molar-refractivity contribution in [2.75, 3.05) is 18.1 Å². The molecule has 5 nitrogen and oxygen atoms in total. The van der Waals surface area contributed by atoms with Gasteiger partial charge in [-0.25, -0.2) is 4.98 Å². The van der Waals surface area contributed by atoms with Crippen molar-refractivity contribution in [3.05, 3.63) is 57.9 Å². The van der Waals surface area contributed by atoms with Gasteiger partial charge < -0.3 is 14.4 Å². The smallest absolute Gasteiger partial charge is 0.268 e. The Hall–Kier alpha value is -2.57. The topological polar surface area (TPSA) is 51.7 Å². The first-order chi connectivity index (χ1) is 15.0. The van der Waals surface area contributed by atoms with Crippen molar-refractivity contribution in [2.24, 2.45) is 0 Å². The van der Waals surface area contributed by atoms with Gasteiger partial charge in [0, 0.05) is 22.5 Å². The molecule has 1 amide bonds. The first-order valence-corrected chi connectivity index (χ1v) is 11.7. The predicted octanol–water partition coefficient (Wildman–Crippen LogP) is 6.14. The van der Waals surface area contributed by atoms with E-state index in [0.29, 0.717) is 24.6 Å². The van der Waals surface area contributed by atoms with Crippen molar-refractivity contribution in [2.45, 2.75) is 39.2 Å². The van der Waals surface area contributed by atoms with E-state index in [9.17, 15) is 4.79 Å². The lowest BCUT2D eigenvalue weighted by atomic mass is 10.1. The Labute approximate surface area is 191 Å². The number of nitrogens with zero attached hydrogens (tertiary/aromatic N) is 2. The average molecular weight is 457 g/mol. The first kappa shape index (κ1) is 21.7. The number of hydrogen-bond donors (Lipinski definition) is 0. The van der Waals surface area contributed by atoms with E-state index in [4.69, 9.17) is 21.1 Å². The normalized spacial score (nSPS) is 15.5. The molecule has 0 fully saturated rings. The Morgan fingerprint density at radius 2 is 2.00 bits per heavy atom. The van der Waals surface area contributed by atoms with E-state index in [-0.39, 0.29) is 5.91 Å². The fraction of sp³-hybridized carbons (Fsp3) is 0.333. The summed E-state index contributed by atoms with van der Waals surface area (Å²) in [5.41, 5.74) is 2.73. The minimum Gasteiger partial charge on any atom is -0.494 e. The van der Waals surface area contributed by atoms with Crippen LogP contribution in [0.25, 0.3) is 11.3 Å². The zero-order valence-electron chi connectivity index (χ0n) is 17.6. The second-order valence-electron chi connectivity index (χ2n) is 7.45. The lowest BCUT2D eigenvalue weighted by Crippen LogP contribution is -2.46. The van der Waals surface area contributed by atoms with Crippen LogP contribution in [0.15, 0.2) is 47.8 Å². The Morgan fingerprint density at radius 3 is 2.71 bits per heavy atom. The van der Waals surface area contributed by atoms with E-state index in [1.165, 1.54) is 0 Å². The second kappa shape index (κ2) is 9.71. The maximum Gasteiger partial charge on any atom is 0.268 e. The highest BCUT2D eigenvalue weighted by Gasteiger charge is 2.33. The predicted molar refractivity (Wildman–Crippen MR) is 126 cm³/mol. The van der Waals surface area contributed by atoms with Crippen LogP contribution in [0.3, 0.4) is 0 Å². The summed E-state index contributed by atoms with van der Waals surface area (Å²) in [6.45, 7) is 5.17. The summed E-state index contributed by atoms with van der Waals surface area (Å²) >= 11 is 7.52. The quantitative estimate of drug-likeness (QED) is 0.382. The molecule has 7 heteroatoms. The standard InChI is InChI=1S/C24H25ClN2O3S/c1-3-22-24(28)27(12-4-5-13-29-19-9-7-18(25)8-10-19)21-14-17(6-11-23(21)30-22)20-15-31-16(2)26-20/h6-11,14-15,22H,3-5,12-13H2,1-2H3. The van der Waals surface area contributed by atoms with E-state index in [1.807, 2.05) is 66.6 Å². The molecule has 1 unspecified atom stereocenters. The number of fused-ring (bicyclic) bond motifs is 1. The summed E-state index contributed by atoms with van der Waals surface area (Å²) in [7, 11) is 0. The summed E-state index contributed by atoms with van der Waals surface area (Å²) in [4.78, 5) is 19.5. The Bertz CT molecular complexity index is 1050. The second-order valence-corrected chi connectivity index (χ2v) is 8.95. The Kier molecular flexibility index (Phi) is 6.78. The largest absolute Gasteiger partial charge is 0.494 e. The number of thiazole rings is 1. The van der Waals surface area contributed by atoms with Gasteiger partial charge in [-0.3, -0.25) is 4.79 Å². The average Bonchev–Trinajstić information content (AvgIpc) is 3.21. The molecule has 0 bridgehead atoms. The van der Waals surface area contributed by atoms with Crippen LogP contribution >= 0.6 is 22.9 Å². The number of anilines is 1. The molecule has 4 rings (SSSR count). The molecule has 0 spiro atoms. The van der Waals surface area contributed by atoms with Crippen LogP contribution in [0.1, 0.15) is 31.2 Å². The summed E-state index contributed by atoms with van der Waals surface area (Å²) in [5, 5.41) is 3.74. The van der Waals surface area contributed by atoms with Crippen molar-refractivity contribution >= 4 is 34.5 Å². The molecule has 0 saturated carbocycles. The molecule has 1 atom stereocenters. The molecule has 1 aliphatic heterocycles. The summed E-state index contributed by atoms with van der Waals surface area (Å²) in [6, 6.07) is 13.3. The molecular weight excluding hydrogens is 432 g/mol. The number of ether oxygens (including phenoxy) is 2. The first-order valence-electron chi connectivity index (χ1n) is 10.5. The number of aryl methyl sites for hydroxylation is 1. The fourth-order valence-corrected chi connectivity index (χ4v) is 4.31. The van der Waals surface area contributed by atoms with Crippen LogP contribution in [0.4, 0.5) is 5.69 Å². The Morgan fingerprint density at radius 1 is 1.19 bits per heavy atom. The minimum absolute atomic E-state index is 0.0141. The summed E-state index contributed by atoms with van der Waals surface area (Å²) < 4.78 is 11.7. The van der Waals surface area contributed by atoms with Crippen LogP contribution in [0.2, 0.25) is 5.02 Å². The molecule has 0 saturated heterocycles. The lowest BCUT2D eigenvalue weighted by molar-refractivity contribution is -0.126. The number of hydrogen-bond acceptors (Lipinski definition) is 5. The van der Waals surface area contributed by atoms with Crippen molar-refractivity contribution < 1.29 is 14.3 Å². The molecule has 3 aromatic rings. The van der Waals surface area contributed by atoms with Crippen LogP contribution in [0, 0.1) is 6.92 Å². The van der Waals surface area contributed by atoms with Gasteiger partial charge in [0.15, 0.2) is 6.10 Å². The molecule has 0 aliphatic carbocycles. The molecule has 1 aromatic heterocycles. The highest BCUT2D eigenvalue weighted by molar-refractivity contribution is 7.09. The fourth-order valence-electron chi connectivity index (χ4n) is 3.56. The third-order valence-corrected chi connectivity index (χ3v) is 6.23. The SMILES string of the molecule is CCC1Oc2ccc(-c3csc(C)n3)cc2N(CCCCOc2ccc(Cl)cc2)C1=O. The number of unbranched alkanes of at least 4 members (excludes halogenated alkanes) is 1. The van der Waals surface area contributed by atoms with Gasteiger partial charge in [-0.15, -0.1) is 11.3 Å². The molecule has 162 valence electrons. The number of carbonyl (C=O) groups excluding carboxylic acids is 1. The minimum atomic E-state index is -0.440. The monoisotopic (exact) mass is 456 g/mol. The van der Waals surface area contributed by atoms with Crippen LogP contribution in [0.5, 0.6) is 11.5 Å². The van der Waals surface area contributed by atoms with Crippen molar-refractivity contribution in [3.8, 4) is 22.8 Å². The Balaban J connectivity index is 1.44. The van der Waals surface area contributed by atoms with E-state index in [2.05, 4.69) is 4.98 Å². The molecule has 0 radical (unpaired) electrons. The maximum absolute atomic E-state index is 13.0. The van der Waals surface area contributed by atoms with Gasteiger partial charge in [-0.1, -0.05) is 18.5 Å². The van der Waals surface area contributed by atoms with Gasteiger partial charge in [0.2, 0.25) is 0 Å². The number of rotatable bonds is 8. The van der Waals surface area contributed by atoms with Gasteiger partial charge in [-0.05, 0) is 68.7 Å². The number of aromatic nitrogens is 1. The molecular formula is C24H25ClN2O3S. The van der Waals surface area contributed by atoms with Crippen LogP contribution < -0.4 is 14.4 Å². The number of amides is 1. The van der Waals surface area contributed by atoms with Crippen LogP contribution in [-0.4, -0.2) is 30.1 Å². The highest BCUT2D eigenvalue weighted by Crippen LogP contribution is 2.38. The zero-order valence-corrected chi connectivity index (χ0v) is 19.2. The van der Waals surface area contributed by atoms with E-state index in [1.54, 1.807) is 11.3 Å². The van der Waals surface area contributed by atoms with Crippen molar-refractivity contribution in [1.29, 1.82) is 0 Å². The van der Waals surface area contributed by atoms with Gasteiger partial charge in [0.1, 0.15) is 11.5 Å². The number of halogens is 1. The molecule has 2 aromatic carbocycles. The maximum atomic E-state index is 13.0. The van der Waals surface area contributed by atoms with Gasteiger partial charge >= 0.3 is 0 Å². The van der Waals surface area contributed by atoms with Gasteiger partial charge in [0.25, 0.3) is 5.91 Å². The summed E-state index contributed by atoms with van der Waals surface area (Å²) in [6.07, 6.45) is 1.87. The third kappa shape index (κ3) is 5.02. The summed E-state index contributed by atoms with van der Waals surface area (Å²) in [5.74, 6) is 1.56. The molecule has 2 heterocycles. The number of carbonyl (C=O) groups is 1. The van der Waals surface area contributed by atoms with E-state index in [0.717, 1.165) is 46.3 Å². The molecule has 1 aliphatic rings. The van der Waals surface area contributed by atoms with Gasteiger partial charge in [-0.2, -0.15) is 0 Å². The molecule has 0 N–H and O–H groups in total. The van der Waals surface area contributed by atoms with Crippen molar-refractivity contribution in [3.63, 3.8) is 0 Å².